The fourth-order valence-electron chi connectivity index (χ4n) is 2.60. The number of rotatable bonds is 4. The Hall–Kier alpha value is -2.46. The molecule has 0 spiro atoms. The van der Waals surface area contributed by atoms with Gasteiger partial charge in [-0.2, -0.15) is 0 Å². The number of aromatic nitrogens is 1. The van der Waals surface area contributed by atoms with Crippen molar-refractivity contribution in [3.8, 4) is 0 Å². The van der Waals surface area contributed by atoms with Gasteiger partial charge in [-0.15, -0.1) is 0 Å². The van der Waals surface area contributed by atoms with Crippen molar-refractivity contribution in [1.29, 1.82) is 0 Å². The van der Waals surface area contributed by atoms with E-state index in [1.165, 1.54) is 0 Å². The van der Waals surface area contributed by atoms with Gasteiger partial charge in [0.05, 0.1) is 18.4 Å². The zero-order valence-electron chi connectivity index (χ0n) is 13.0. The van der Waals surface area contributed by atoms with Crippen LogP contribution in [0.3, 0.4) is 0 Å². The van der Waals surface area contributed by atoms with Gasteiger partial charge in [0.2, 0.25) is 0 Å². The number of anilines is 1. The lowest BCUT2D eigenvalue weighted by Gasteiger charge is -2.08. The SMILES string of the molecule is Cc1cc(C(=O)Nc2cccc(Cl)c2)c(C)n1Cc1ccco1. The monoisotopic (exact) mass is 328 g/mol. The van der Waals surface area contributed by atoms with Crippen LogP contribution in [0.1, 0.15) is 27.5 Å². The molecule has 0 atom stereocenters. The molecule has 0 aliphatic heterocycles. The van der Waals surface area contributed by atoms with E-state index in [1.807, 2.05) is 38.1 Å². The molecule has 0 unspecified atom stereocenters. The molecule has 1 N–H and O–H groups in total. The molecule has 118 valence electrons. The van der Waals surface area contributed by atoms with E-state index in [0.29, 0.717) is 22.8 Å². The van der Waals surface area contributed by atoms with Crippen LogP contribution in [0.25, 0.3) is 0 Å². The maximum absolute atomic E-state index is 12.5. The van der Waals surface area contributed by atoms with Gasteiger partial charge in [-0.1, -0.05) is 17.7 Å². The Labute approximate surface area is 139 Å². The van der Waals surface area contributed by atoms with E-state index >= 15 is 0 Å². The summed E-state index contributed by atoms with van der Waals surface area (Å²) < 4.78 is 7.45. The Morgan fingerprint density at radius 2 is 2.04 bits per heavy atom. The molecule has 2 aromatic heterocycles. The topological polar surface area (TPSA) is 47.2 Å². The van der Waals surface area contributed by atoms with Crippen molar-refractivity contribution in [2.24, 2.45) is 0 Å². The van der Waals surface area contributed by atoms with Gasteiger partial charge in [0.15, 0.2) is 0 Å². The van der Waals surface area contributed by atoms with Gasteiger partial charge < -0.3 is 14.3 Å². The summed E-state index contributed by atoms with van der Waals surface area (Å²) in [5, 5.41) is 3.47. The average molecular weight is 329 g/mol. The van der Waals surface area contributed by atoms with Crippen molar-refractivity contribution in [2.75, 3.05) is 5.32 Å². The third-order valence-electron chi connectivity index (χ3n) is 3.79. The van der Waals surface area contributed by atoms with Crippen molar-refractivity contribution in [1.82, 2.24) is 4.57 Å². The number of hydrogen-bond acceptors (Lipinski definition) is 2. The highest BCUT2D eigenvalue weighted by Crippen LogP contribution is 2.20. The molecule has 0 saturated heterocycles. The molecule has 4 nitrogen and oxygen atoms in total. The van der Waals surface area contributed by atoms with Gasteiger partial charge in [-0.05, 0) is 50.2 Å². The fourth-order valence-corrected chi connectivity index (χ4v) is 2.79. The molecule has 3 rings (SSSR count). The number of benzene rings is 1. The molecule has 2 heterocycles. The minimum atomic E-state index is -0.147. The summed E-state index contributed by atoms with van der Waals surface area (Å²) >= 11 is 5.95. The predicted octanol–water partition coefficient (Wildman–Crippen LogP) is 4.65. The molecule has 1 aromatic carbocycles. The lowest BCUT2D eigenvalue weighted by Crippen LogP contribution is -2.13. The van der Waals surface area contributed by atoms with E-state index in [1.54, 1.807) is 24.5 Å². The first kappa shape index (κ1) is 15.4. The highest BCUT2D eigenvalue weighted by molar-refractivity contribution is 6.31. The highest BCUT2D eigenvalue weighted by atomic mass is 35.5. The molecular weight excluding hydrogens is 312 g/mol. The number of carbonyl (C=O) groups is 1. The highest BCUT2D eigenvalue weighted by Gasteiger charge is 2.16. The molecule has 0 aliphatic rings. The summed E-state index contributed by atoms with van der Waals surface area (Å²) in [4.78, 5) is 12.5. The molecule has 1 amide bonds. The fraction of sp³-hybridized carbons (Fsp3) is 0.167. The first-order valence-corrected chi connectivity index (χ1v) is 7.68. The summed E-state index contributed by atoms with van der Waals surface area (Å²) in [7, 11) is 0. The van der Waals surface area contributed by atoms with Gasteiger partial charge in [-0.25, -0.2) is 0 Å². The molecular formula is C18H17ClN2O2. The van der Waals surface area contributed by atoms with Crippen LogP contribution in [0.15, 0.2) is 53.1 Å². The first-order chi connectivity index (χ1) is 11.0. The molecule has 3 aromatic rings. The van der Waals surface area contributed by atoms with E-state index in [-0.39, 0.29) is 5.91 Å². The Bertz CT molecular complexity index is 835. The number of nitrogens with zero attached hydrogens (tertiary/aromatic N) is 1. The molecule has 5 heteroatoms. The summed E-state index contributed by atoms with van der Waals surface area (Å²) in [6.07, 6.45) is 1.65. The van der Waals surface area contributed by atoms with E-state index in [9.17, 15) is 4.79 Å². The molecule has 0 aliphatic carbocycles. The maximum Gasteiger partial charge on any atom is 0.257 e. The Morgan fingerprint density at radius 3 is 2.74 bits per heavy atom. The van der Waals surface area contributed by atoms with Crippen molar-refractivity contribution in [3.05, 3.63) is 76.5 Å². The lowest BCUT2D eigenvalue weighted by molar-refractivity contribution is 0.102. The number of halogens is 1. The summed E-state index contributed by atoms with van der Waals surface area (Å²) in [6.45, 7) is 4.52. The Balaban J connectivity index is 1.84. The van der Waals surface area contributed by atoms with Crippen LogP contribution in [-0.2, 0) is 6.54 Å². The van der Waals surface area contributed by atoms with Crippen LogP contribution < -0.4 is 5.32 Å². The number of aryl methyl sites for hydroxylation is 1. The zero-order valence-corrected chi connectivity index (χ0v) is 13.7. The second-order valence-corrected chi connectivity index (χ2v) is 5.85. The number of amides is 1. The minimum Gasteiger partial charge on any atom is -0.467 e. The van der Waals surface area contributed by atoms with Gasteiger partial charge in [-0.3, -0.25) is 4.79 Å². The molecule has 0 saturated carbocycles. The van der Waals surface area contributed by atoms with Crippen LogP contribution in [0.5, 0.6) is 0 Å². The standard InChI is InChI=1S/C18H17ClN2O2/c1-12-9-17(13(2)21(12)11-16-7-4-8-23-16)18(22)20-15-6-3-5-14(19)10-15/h3-10H,11H2,1-2H3,(H,20,22). The van der Waals surface area contributed by atoms with Gasteiger partial charge in [0.1, 0.15) is 5.76 Å². The molecule has 0 fully saturated rings. The van der Waals surface area contributed by atoms with Crippen LogP contribution in [-0.4, -0.2) is 10.5 Å². The molecule has 0 bridgehead atoms. The van der Waals surface area contributed by atoms with Crippen molar-refractivity contribution in [2.45, 2.75) is 20.4 Å². The van der Waals surface area contributed by atoms with Gasteiger partial charge in [0.25, 0.3) is 5.91 Å². The largest absolute Gasteiger partial charge is 0.467 e. The normalized spacial score (nSPS) is 10.7. The number of hydrogen-bond donors (Lipinski definition) is 1. The van der Waals surface area contributed by atoms with Crippen molar-refractivity contribution in [3.63, 3.8) is 0 Å². The third-order valence-corrected chi connectivity index (χ3v) is 4.03. The quantitative estimate of drug-likeness (QED) is 0.757. The maximum atomic E-state index is 12.5. The Morgan fingerprint density at radius 1 is 1.22 bits per heavy atom. The van der Waals surface area contributed by atoms with E-state index in [2.05, 4.69) is 9.88 Å². The Kier molecular flexibility index (Phi) is 4.26. The number of nitrogens with one attached hydrogen (secondary N) is 1. The lowest BCUT2D eigenvalue weighted by atomic mass is 10.2. The second kappa shape index (κ2) is 6.34. The van der Waals surface area contributed by atoms with E-state index in [4.69, 9.17) is 16.0 Å². The smallest absolute Gasteiger partial charge is 0.257 e. The second-order valence-electron chi connectivity index (χ2n) is 5.41. The van der Waals surface area contributed by atoms with Crippen molar-refractivity contribution < 1.29 is 9.21 Å². The van der Waals surface area contributed by atoms with Crippen LogP contribution in [0, 0.1) is 13.8 Å². The number of furan rings is 1. The summed E-state index contributed by atoms with van der Waals surface area (Å²) in [6, 6.07) is 12.8. The average Bonchev–Trinajstić information content (AvgIpc) is 3.11. The molecule has 23 heavy (non-hydrogen) atoms. The van der Waals surface area contributed by atoms with E-state index < -0.39 is 0 Å². The van der Waals surface area contributed by atoms with Crippen molar-refractivity contribution >= 4 is 23.2 Å². The van der Waals surface area contributed by atoms with Gasteiger partial charge >= 0.3 is 0 Å². The van der Waals surface area contributed by atoms with Gasteiger partial charge in [0, 0.05) is 22.1 Å². The first-order valence-electron chi connectivity index (χ1n) is 7.30. The van der Waals surface area contributed by atoms with Crippen LogP contribution >= 0.6 is 11.6 Å². The predicted molar refractivity (Wildman–Crippen MR) is 91.1 cm³/mol. The zero-order chi connectivity index (χ0) is 16.4. The summed E-state index contributed by atoms with van der Waals surface area (Å²) in [5.41, 5.74) is 3.24. The molecule has 0 radical (unpaired) electrons. The van der Waals surface area contributed by atoms with Crippen LogP contribution in [0.4, 0.5) is 5.69 Å². The third kappa shape index (κ3) is 3.32. The minimum absolute atomic E-state index is 0.147. The number of carbonyl (C=O) groups excluding carboxylic acids is 1. The van der Waals surface area contributed by atoms with E-state index in [0.717, 1.165) is 17.1 Å². The summed E-state index contributed by atoms with van der Waals surface area (Å²) in [5.74, 6) is 0.708. The van der Waals surface area contributed by atoms with Crippen LogP contribution in [0.2, 0.25) is 5.02 Å².